The van der Waals surface area contributed by atoms with Crippen molar-refractivity contribution in [2.45, 2.75) is 354 Å². The lowest BCUT2D eigenvalue weighted by Crippen LogP contribution is -1.85. The highest BCUT2D eigenvalue weighted by molar-refractivity contribution is 5.82. The highest BCUT2D eigenvalue weighted by atomic mass is 14.0. The van der Waals surface area contributed by atoms with Crippen molar-refractivity contribution in [3.63, 3.8) is 0 Å². The topological polar surface area (TPSA) is 0 Å². The second-order valence-electron chi connectivity index (χ2n) is 13.6. The molecule has 80 heavy (non-hydrogen) atoms. The molecule has 8 rings (SSSR count). The molecule has 0 unspecified atom stereocenters. The third-order valence-electron chi connectivity index (χ3n) is 8.16. The Morgan fingerprint density at radius 1 is 0.163 bits per heavy atom. The van der Waals surface area contributed by atoms with Crippen molar-refractivity contribution in [3.8, 4) is 0 Å². The second-order valence-corrected chi connectivity index (χ2v) is 13.6. The molecule has 0 heterocycles. The predicted molar refractivity (Wildman–Crippen MR) is 406 cm³/mol. The summed E-state index contributed by atoms with van der Waals surface area (Å²) in [5.41, 5.74) is 0. The summed E-state index contributed by atoms with van der Waals surface area (Å²) >= 11 is 0. The Kier molecular flexibility index (Phi) is 294. The predicted octanol–water partition coefficient (Wildman–Crippen LogP) is 33.1. The van der Waals surface area contributed by atoms with Gasteiger partial charge in [0.15, 0.2) is 0 Å². The zero-order valence-electron chi connectivity index (χ0n) is 54.2. The quantitative estimate of drug-likeness (QED) is 0.145. The summed E-state index contributed by atoms with van der Waals surface area (Å²) in [5.74, 6) is 0. The van der Waals surface area contributed by atoms with Crippen LogP contribution in [0.1, 0.15) is 354 Å². The molecule has 0 spiro atoms. The molecule has 0 aliphatic heterocycles. The Bertz CT molecular complexity index is 967. The monoisotopic (exact) mass is 1130 g/mol. The summed E-state index contributed by atoms with van der Waals surface area (Å²) in [6, 6.07) is 52.7. The van der Waals surface area contributed by atoms with Gasteiger partial charge in [-0.15, -0.1) is 0 Å². The molecule has 0 saturated heterocycles. The molecule has 5 aromatic carbocycles. The van der Waals surface area contributed by atoms with Gasteiger partial charge in [-0.3, -0.25) is 0 Å². The van der Waals surface area contributed by atoms with E-state index in [1.807, 2.05) is 248 Å². The van der Waals surface area contributed by atoms with Crippen LogP contribution in [0.2, 0.25) is 0 Å². The van der Waals surface area contributed by atoms with Crippen LogP contribution in [0, 0.1) is 0 Å². The zero-order valence-corrected chi connectivity index (χ0v) is 54.2. The molecule has 0 amide bonds. The first-order valence-corrected chi connectivity index (χ1v) is 31.2. The minimum atomic E-state index is 0. The van der Waals surface area contributed by atoms with Crippen molar-refractivity contribution >= 4 is 10.8 Å². The molecule has 0 heteroatoms. The third-order valence-corrected chi connectivity index (χ3v) is 8.16. The lowest BCUT2D eigenvalue weighted by atomic mass is 10.0. The van der Waals surface area contributed by atoms with E-state index in [2.05, 4.69) is 76.2 Å². The Balaban J connectivity index is -0.0000000296. The maximum absolute atomic E-state index is 2.12. The smallest absolute Gasteiger partial charge is 0.0184 e. The van der Waals surface area contributed by atoms with Crippen LogP contribution in [-0.4, -0.2) is 0 Å². The molecule has 0 N–H and O–H groups in total. The van der Waals surface area contributed by atoms with Gasteiger partial charge in [0, 0.05) is 0 Å². The van der Waals surface area contributed by atoms with Crippen LogP contribution >= 0.6 is 0 Å². The van der Waals surface area contributed by atoms with E-state index in [0.29, 0.717) is 0 Å². The molecule has 3 fully saturated rings. The summed E-state index contributed by atoms with van der Waals surface area (Å²) in [6.45, 7) is 48.5. The minimum Gasteiger partial charge on any atom is -0.0776 e. The van der Waals surface area contributed by atoms with Gasteiger partial charge in [0.05, 0.1) is 0 Å². The minimum absolute atomic E-state index is 0. The van der Waals surface area contributed by atoms with Gasteiger partial charge < -0.3 is 0 Å². The van der Waals surface area contributed by atoms with E-state index in [1.165, 1.54) is 139 Å². The molecule has 5 aromatic rings. The molecule has 0 atom stereocenters. The second kappa shape index (κ2) is 178. The molecule has 0 radical (unpaired) electrons. The molecule has 0 aromatic heterocycles. The maximum Gasteiger partial charge on any atom is -0.0184 e. The van der Waals surface area contributed by atoms with Gasteiger partial charge in [0.25, 0.3) is 0 Å². The van der Waals surface area contributed by atoms with Crippen molar-refractivity contribution in [3.05, 3.63) is 158 Å². The van der Waals surface area contributed by atoms with Crippen LogP contribution in [0.25, 0.3) is 10.8 Å². The van der Waals surface area contributed by atoms with Crippen LogP contribution < -0.4 is 0 Å². The number of rotatable bonds is 0. The summed E-state index contributed by atoms with van der Waals surface area (Å²) in [7, 11) is 0. The first-order valence-electron chi connectivity index (χ1n) is 31.2. The van der Waals surface area contributed by atoms with E-state index in [1.54, 1.807) is 0 Å². The van der Waals surface area contributed by atoms with Gasteiger partial charge >= 0.3 is 0 Å². The van der Waals surface area contributed by atoms with Gasteiger partial charge in [0.2, 0.25) is 0 Å². The molecule has 0 nitrogen and oxygen atoms in total. The number of benzene rings is 5. The van der Waals surface area contributed by atoms with E-state index >= 15 is 0 Å². The van der Waals surface area contributed by atoms with Crippen LogP contribution in [0.15, 0.2) is 158 Å². The van der Waals surface area contributed by atoms with Gasteiger partial charge in [-0.05, 0) is 10.8 Å². The standard InChI is InChI=1S/C10H8.3C6H12.3C6H6.2C3H8.10C2H6.8CH4/c1-2-6-10-8-4-3-7-9(10)5-1;6*1-2-4-6-5-3-1;2*1-3-2;10*1-2;;;;;;;;/h1-8H;3*1-6H2;3*1-6H;2*3H2,1-2H3;10*1-2H3;8*1H4. The summed E-state index contributed by atoms with van der Waals surface area (Å²) < 4.78 is 0. The third kappa shape index (κ3) is 158. The lowest BCUT2D eigenvalue weighted by Gasteiger charge is -2.05. The highest BCUT2D eigenvalue weighted by Gasteiger charge is 1.96. The Morgan fingerprint density at radius 3 is 0.287 bits per heavy atom. The van der Waals surface area contributed by atoms with Crippen molar-refractivity contribution in [2.24, 2.45) is 0 Å². The van der Waals surface area contributed by atoms with Gasteiger partial charge in [-0.2, -0.15) is 0 Å². The fourth-order valence-electron chi connectivity index (χ4n) is 5.47. The molecule has 3 saturated carbocycles. The summed E-state index contributed by atoms with van der Waals surface area (Å²) in [4.78, 5) is 0. The normalized spacial score (nSPS) is 9.65. The average Bonchev–Trinajstić information content (AvgIpc) is 3.54. The van der Waals surface area contributed by atoms with Crippen LogP contribution in [0.3, 0.4) is 0 Å². The highest BCUT2D eigenvalue weighted by Crippen LogP contribution is 2.16. The fourth-order valence-corrected chi connectivity index (χ4v) is 5.47. The molecular weight excluding hydrogens is 961 g/mol. The van der Waals surface area contributed by atoms with E-state index in [0.717, 1.165) is 0 Å². The molecule has 3 aliphatic carbocycles. The number of hydrogen-bond donors (Lipinski definition) is 0. The first-order chi connectivity index (χ1) is 35.8. The van der Waals surface area contributed by atoms with Gasteiger partial charge in [-0.25, -0.2) is 0 Å². The number of fused-ring (bicyclic) bond motifs is 1. The van der Waals surface area contributed by atoms with Crippen LogP contribution in [0.5, 0.6) is 0 Å². The Labute approximate surface area is 519 Å². The Morgan fingerprint density at radius 2 is 0.225 bits per heavy atom. The van der Waals surface area contributed by atoms with Crippen LogP contribution in [0.4, 0.5) is 0 Å². The van der Waals surface area contributed by atoms with E-state index < -0.39 is 0 Å². The largest absolute Gasteiger partial charge is 0.0776 e. The summed E-state index contributed by atoms with van der Waals surface area (Å²) in [5, 5.41) is 2.62. The van der Waals surface area contributed by atoms with Crippen LogP contribution in [-0.2, 0) is 0 Å². The van der Waals surface area contributed by atoms with Gasteiger partial charge in [0.1, 0.15) is 0 Å². The van der Waals surface area contributed by atoms with Gasteiger partial charge in [-0.1, -0.05) is 512 Å². The van der Waals surface area contributed by atoms with Crippen molar-refractivity contribution < 1.29 is 0 Å². The van der Waals surface area contributed by atoms with E-state index in [9.17, 15) is 0 Å². The molecule has 0 bridgehead atoms. The zero-order chi connectivity index (χ0) is 57.7. The Hall–Kier alpha value is -3.64. The van der Waals surface area contributed by atoms with E-state index in [4.69, 9.17) is 0 Å². The fraction of sp³-hybridized carbons (Fsp3) is 0.650. The van der Waals surface area contributed by atoms with E-state index in [-0.39, 0.29) is 59.4 Å². The average molecular weight is 1130 g/mol. The SMILES string of the molecule is C.C.C.C.C.C.C.C.C1CCCCC1.C1CCCCC1.C1CCCCC1.CC.CC.CC.CC.CC.CC.CC.CC.CC.CC.CCC.CCC.c1ccc2ccccc2c1.c1ccccc1.c1ccccc1.c1ccccc1. The molecule has 3 aliphatic rings. The molecule has 490 valence electrons. The molecular formula is C80H170. The van der Waals surface area contributed by atoms with Crippen molar-refractivity contribution in [1.29, 1.82) is 0 Å². The first kappa shape index (κ1) is 132. The lowest BCUT2D eigenvalue weighted by molar-refractivity contribution is 0.504. The number of hydrogen-bond acceptors (Lipinski definition) is 0. The summed E-state index contributed by atoms with van der Waals surface area (Å²) in [6.07, 6.45) is 29.5. The maximum atomic E-state index is 2.12. The van der Waals surface area contributed by atoms with Crippen molar-refractivity contribution in [1.82, 2.24) is 0 Å². The van der Waals surface area contributed by atoms with Crippen molar-refractivity contribution in [2.75, 3.05) is 0 Å².